The molecular formula is C15H19NO4S. The number of hydrogen-bond acceptors (Lipinski definition) is 5. The van der Waals surface area contributed by atoms with E-state index in [-0.39, 0.29) is 36.4 Å². The number of fused-ring (bicyclic) bond motifs is 2. The van der Waals surface area contributed by atoms with Gasteiger partial charge in [0, 0.05) is 22.9 Å². The second-order valence-electron chi connectivity index (χ2n) is 5.77. The van der Waals surface area contributed by atoms with E-state index >= 15 is 0 Å². The Labute approximate surface area is 127 Å². The van der Waals surface area contributed by atoms with Crippen LogP contribution >= 0.6 is 11.3 Å². The predicted molar refractivity (Wildman–Crippen MR) is 78.3 cm³/mol. The van der Waals surface area contributed by atoms with E-state index in [1.807, 2.05) is 17.5 Å². The fourth-order valence-corrected chi connectivity index (χ4v) is 4.93. The number of methoxy groups -OCH3 is 1. The summed E-state index contributed by atoms with van der Waals surface area (Å²) in [6, 6.07) is 4.34. The summed E-state index contributed by atoms with van der Waals surface area (Å²) in [7, 11) is 1.43. The molecule has 3 heterocycles. The van der Waals surface area contributed by atoms with Gasteiger partial charge in [-0.2, -0.15) is 0 Å². The van der Waals surface area contributed by atoms with Crippen molar-refractivity contribution in [3.05, 3.63) is 22.4 Å². The van der Waals surface area contributed by atoms with Crippen molar-refractivity contribution in [1.29, 1.82) is 0 Å². The lowest BCUT2D eigenvalue weighted by Gasteiger charge is -2.42. The first-order chi connectivity index (χ1) is 10.1. The minimum Gasteiger partial charge on any atom is -0.480 e. The van der Waals surface area contributed by atoms with Crippen LogP contribution in [-0.2, 0) is 14.3 Å². The van der Waals surface area contributed by atoms with Crippen LogP contribution in [0.15, 0.2) is 17.5 Å². The fraction of sp³-hybridized carbons (Fsp3) is 0.600. The molecule has 21 heavy (non-hydrogen) atoms. The van der Waals surface area contributed by atoms with Crippen molar-refractivity contribution in [2.45, 2.75) is 37.3 Å². The monoisotopic (exact) mass is 309 g/mol. The molecule has 1 aromatic rings. The average molecular weight is 309 g/mol. The van der Waals surface area contributed by atoms with E-state index in [2.05, 4.69) is 4.90 Å². The first-order valence-corrected chi connectivity index (χ1v) is 8.08. The standard InChI is InChI=1S/C15H19NO4S/c1-20-15(19)10-7-9-4-5-11(16(9)8-13(17)18)14(10)12-3-2-6-21-12/h2-3,6,9-11,14H,4-5,7-8H2,1H3,(H,17,18). The Bertz CT molecular complexity index is 530. The summed E-state index contributed by atoms with van der Waals surface area (Å²) in [4.78, 5) is 26.5. The van der Waals surface area contributed by atoms with Gasteiger partial charge in [-0.3, -0.25) is 14.5 Å². The van der Waals surface area contributed by atoms with Crippen LogP contribution in [0.1, 0.15) is 30.1 Å². The second kappa shape index (κ2) is 5.77. The maximum absolute atomic E-state index is 12.2. The Kier molecular flexibility index (Phi) is 3.99. The minimum atomic E-state index is -0.798. The van der Waals surface area contributed by atoms with E-state index in [1.54, 1.807) is 11.3 Å². The molecule has 6 heteroatoms. The molecule has 1 N–H and O–H groups in total. The summed E-state index contributed by atoms with van der Waals surface area (Å²) < 4.78 is 4.99. The van der Waals surface area contributed by atoms with Crippen LogP contribution in [-0.4, -0.2) is 47.7 Å². The molecule has 2 fully saturated rings. The third-order valence-electron chi connectivity index (χ3n) is 4.76. The number of rotatable bonds is 4. The van der Waals surface area contributed by atoms with Gasteiger partial charge in [-0.1, -0.05) is 6.07 Å². The number of carboxylic acid groups (broad SMARTS) is 1. The van der Waals surface area contributed by atoms with Gasteiger partial charge in [0.15, 0.2) is 0 Å². The molecule has 0 saturated carbocycles. The highest BCUT2D eigenvalue weighted by atomic mass is 32.1. The van der Waals surface area contributed by atoms with Gasteiger partial charge in [0.05, 0.1) is 19.6 Å². The van der Waals surface area contributed by atoms with Gasteiger partial charge in [0.25, 0.3) is 0 Å². The third-order valence-corrected chi connectivity index (χ3v) is 5.73. The van der Waals surface area contributed by atoms with Gasteiger partial charge in [0.2, 0.25) is 0 Å². The maximum atomic E-state index is 12.2. The topological polar surface area (TPSA) is 66.8 Å². The van der Waals surface area contributed by atoms with Crippen LogP contribution in [0.4, 0.5) is 0 Å². The van der Waals surface area contributed by atoms with E-state index < -0.39 is 5.97 Å². The number of nitrogens with zero attached hydrogens (tertiary/aromatic N) is 1. The lowest BCUT2D eigenvalue weighted by atomic mass is 9.79. The Morgan fingerprint density at radius 2 is 2.29 bits per heavy atom. The third kappa shape index (κ3) is 2.58. The summed E-state index contributed by atoms with van der Waals surface area (Å²) in [5.74, 6) is -1.07. The van der Waals surface area contributed by atoms with E-state index in [1.165, 1.54) is 7.11 Å². The first-order valence-electron chi connectivity index (χ1n) is 7.20. The van der Waals surface area contributed by atoms with Crippen molar-refractivity contribution in [3.8, 4) is 0 Å². The van der Waals surface area contributed by atoms with Crippen LogP contribution in [0.5, 0.6) is 0 Å². The SMILES string of the molecule is COC(=O)C1CC2CCC(C1c1cccs1)N2CC(=O)O. The Balaban J connectivity index is 1.93. The average Bonchev–Trinajstić information content (AvgIpc) is 3.06. The van der Waals surface area contributed by atoms with Crippen LogP contribution in [0.3, 0.4) is 0 Å². The van der Waals surface area contributed by atoms with E-state index in [9.17, 15) is 9.59 Å². The fourth-order valence-electron chi connectivity index (χ4n) is 3.98. The van der Waals surface area contributed by atoms with E-state index in [0.29, 0.717) is 6.42 Å². The van der Waals surface area contributed by atoms with Crippen molar-refractivity contribution in [1.82, 2.24) is 4.90 Å². The number of thiophene rings is 1. The number of piperidine rings is 1. The normalized spacial score (nSPS) is 32.0. The number of esters is 1. The number of carbonyl (C=O) groups excluding carboxylic acids is 1. The van der Waals surface area contributed by atoms with Gasteiger partial charge >= 0.3 is 11.9 Å². The number of hydrogen-bond donors (Lipinski definition) is 1. The molecule has 3 rings (SSSR count). The van der Waals surface area contributed by atoms with E-state index in [4.69, 9.17) is 9.84 Å². The van der Waals surface area contributed by atoms with Crippen molar-refractivity contribution < 1.29 is 19.4 Å². The van der Waals surface area contributed by atoms with Crippen molar-refractivity contribution in [3.63, 3.8) is 0 Å². The zero-order chi connectivity index (χ0) is 15.0. The van der Waals surface area contributed by atoms with Crippen molar-refractivity contribution in [2.75, 3.05) is 13.7 Å². The first kappa shape index (κ1) is 14.5. The maximum Gasteiger partial charge on any atom is 0.317 e. The number of carbonyl (C=O) groups is 2. The van der Waals surface area contributed by atoms with Crippen LogP contribution in [0, 0.1) is 5.92 Å². The molecule has 1 aromatic heterocycles. The summed E-state index contributed by atoms with van der Waals surface area (Å²) in [6.07, 6.45) is 2.61. The summed E-state index contributed by atoms with van der Waals surface area (Å²) in [5, 5.41) is 11.1. The van der Waals surface area contributed by atoms with Gasteiger partial charge in [0.1, 0.15) is 0 Å². The molecule has 0 amide bonds. The van der Waals surface area contributed by atoms with Gasteiger partial charge in [-0.25, -0.2) is 0 Å². The van der Waals surface area contributed by atoms with Crippen molar-refractivity contribution >= 4 is 23.3 Å². The smallest absolute Gasteiger partial charge is 0.317 e. The van der Waals surface area contributed by atoms with Gasteiger partial charge < -0.3 is 9.84 Å². The Morgan fingerprint density at radius 1 is 1.48 bits per heavy atom. The lowest BCUT2D eigenvalue weighted by Crippen LogP contribution is -2.51. The molecular weight excluding hydrogens is 290 g/mol. The lowest BCUT2D eigenvalue weighted by molar-refractivity contribution is -0.150. The highest BCUT2D eigenvalue weighted by Crippen LogP contribution is 2.48. The highest BCUT2D eigenvalue weighted by molar-refractivity contribution is 7.10. The Morgan fingerprint density at radius 3 is 2.90 bits per heavy atom. The molecule has 2 bridgehead atoms. The quantitative estimate of drug-likeness (QED) is 0.861. The summed E-state index contributed by atoms with van der Waals surface area (Å²) in [5.41, 5.74) is 0. The zero-order valence-electron chi connectivity index (χ0n) is 11.9. The molecule has 2 aliphatic rings. The van der Waals surface area contributed by atoms with Crippen LogP contribution in [0.25, 0.3) is 0 Å². The van der Waals surface area contributed by atoms with Gasteiger partial charge in [-0.05, 0) is 30.7 Å². The van der Waals surface area contributed by atoms with E-state index in [0.717, 1.165) is 17.7 Å². The summed E-state index contributed by atoms with van der Waals surface area (Å²) in [6.45, 7) is 0.0606. The highest BCUT2D eigenvalue weighted by Gasteiger charge is 2.51. The molecule has 0 aliphatic carbocycles. The molecule has 2 aliphatic heterocycles. The largest absolute Gasteiger partial charge is 0.480 e. The molecule has 4 unspecified atom stereocenters. The second-order valence-corrected chi connectivity index (χ2v) is 6.75. The molecule has 0 aromatic carbocycles. The molecule has 5 nitrogen and oxygen atoms in total. The molecule has 2 saturated heterocycles. The van der Waals surface area contributed by atoms with Crippen LogP contribution < -0.4 is 0 Å². The van der Waals surface area contributed by atoms with Gasteiger partial charge in [-0.15, -0.1) is 11.3 Å². The number of aliphatic carboxylic acids is 1. The summed E-state index contributed by atoms with van der Waals surface area (Å²) >= 11 is 1.64. The molecule has 0 radical (unpaired) electrons. The zero-order valence-corrected chi connectivity index (χ0v) is 12.7. The molecule has 114 valence electrons. The molecule has 4 atom stereocenters. The predicted octanol–water partition coefficient (Wildman–Crippen LogP) is 1.94. The Hall–Kier alpha value is -1.40. The number of ether oxygens (including phenoxy) is 1. The van der Waals surface area contributed by atoms with Crippen LogP contribution in [0.2, 0.25) is 0 Å². The number of carboxylic acids is 1. The minimum absolute atomic E-state index is 0.0514. The van der Waals surface area contributed by atoms with Crippen molar-refractivity contribution in [2.24, 2.45) is 5.92 Å². The molecule has 0 spiro atoms.